The zero-order chi connectivity index (χ0) is 13.2. The van der Waals surface area contributed by atoms with E-state index in [2.05, 4.69) is 18.8 Å². The van der Waals surface area contributed by atoms with Crippen molar-refractivity contribution in [3.63, 3.8) is 0 Å². The summed E-state index contributed by atoms with van der Waals surface area (Å²) in [6, 6.07) is 3.03. The lowest BCUT2D eigenvalue weighted by molar-refractivity contribution is 0.0764. The number of pyridine rings is 1. The molecule has 0 radical (unpaired) electrons. The Labute approximate surface area is 111 Å². The van der Waals surface area contributed by atoms with Crippen LogP contribution in [0.2, 0.25) is 0 Å². The Morgan fingerprint density at radius 1 is 1.44 bits per heavy atom. The first-order valence-corrected chi connectivity index (χ1v) is 7.08. The lowest BCUT2D eigenvalue weighted by Gasteiger charge is -2.22. The summed E-state index contributed by atoms with van der Waals surface area (Å²) in [5.41, 5.74) is 0.244. The quantitative estimate of drug-likeness (QED) is 0.842. The summed E-state index contributed by atoms with van der Waals surface area (Å²) in [6.07, 6.45) is 2.50. The number of nitrogens with zero attached hydrogens (tertiary/aromatic N) is 1. The summed E-state index contributed by atoms with van der Waals surface area (Å²) in [5, 5.41) is 0. The van der Waals surface area contributed by atoms with Crippen LogP contribution in [0.3, 0.4) is 0 Å². The van der Waals surface area contributed by atoms with Crippen LogP contribution in [-0.4, -0.2) is 39.4 Å². The molecule has 0 atom stereocenters. The number of H-pyrrole nitrogens is 1. The van der Waals surface area contributed by atoms with Gasteiger partial charge in [0.2, 0.25) is 5.56 Å². The average Bonchev–Trinajstić information content (AvgIpc) is 2.49. The minimum atomic E-state index is -0.231. The van der Waals surface area contributed by atoms with Crippen molar-refractivity contribution in [3.05, 3.63) is 34.2 Å². The molecule has 1 N–H and O–H groups in total. The number of rotatable bonds is 1. The van der Waals surface area contributed by atoms with Gasteiger partial charge >= 0.3 is 0 Å². The number of amides is 1. The van der Waals surface area contributed by atoms with Crippen LogP contribution in [0.25, 0.3) is 0 Å². The fourth-order valence-electron chi connectivity index (χ4n) is 1.98. The van der Waals surface area contributed by atoms with E-state index in [1.165, 1.54) is 12.3 Å². The molecule has 4 nitrogen and oxygen atoms in total. The van der Waals surface area contributed by atoms with Crippen molar-refractivity contribution in [2.75, 3.05) is 18.8 Å². The van der Waals surface area contributed by atoms with E-state index < -0.39 is 0 Å². The molecule has 1 aliphatic rings. The van der Waals surface area contributed by atoms with Gasteiger partial charge in [0.25, 0.3) is 5.91 Å². The Hall–Kier alpha value is -1.23. The molecule has 5 heteroatoms. The minimum Gasteiger partial charge on any atom is -0.338 e. The van der Waals surface area contributed by atoms with E-state index in [1.54, 1.807) is 6.07 Å². The maximum Gasteiger partial charge on any atom is 0.254 e. The smallest absolute Gasteiger partial charge is 0.254 e. The largest absolute Gasteiger partial charge is 0.338 e. The fraction of sp³-hybridized carbons (Fsp3) is 0.538. The van der Waals surface area contributed by atoms with Crippen molar-refractivity contribution < 1.29 is 4.79 Å². The molecule has 1 aromatic rings. The van der Waals surface area contributed by atoms with Gasteiger partial charge in [-0.15, -0.1) is 0 Å². The van der Waals surface area contributed by atoms with E-state index in [1.807, 2.05) is 16.7 Å². The lowest BCUT2D eigenvalue weighted by Crippen LogP contribution is -2.34. The molecule has 0 bridgehead atoms. The highest BCUT2D eigenvalue weighted by Gasteiger charge is 2.26. The first-order valence-electron chi connectivity index (χ1n) is 6.10. The third-order valence-electron chi connectivity index (χ3n) is 3.15. The van der Waals surface area contributed by atoms with E-state index in [4.69, 9.17) is 0 Å². The van der Waals surface area contributed by atoms with Crippen LogP contribution in [0, 0.1) is 0 Å². The molecule has 2 heterocycles. The zero-order valence-corrected chi connectivity index (χ0v) is 11.5. The molecule has 18 heavy (non-hydrogen) atoms. The van der Waals surface area contributed by atoms with Gasteiger partial charge in [-0.2, -0.15) is 11.8 Å². The Morgan fingerprint density at radius 3 is 2.94 bits per heavy atom. The van der Waals surface area contributed by atoms with E-state index in [-0.39, 0.29) is 16.2 Å². The summed E-state index contributed by atoms with van der Waals surface area (Å²) in [5.74, 6) is 0.904. The number of hydrogen-bond acceptors (Lipinski definition) is 3. The molecule has 2 rings (SSSR count). The maximum atomic E-state index is 12.3. The summed E-state index contributed by atoms with van der Waals surface area (Å²) >= 11 is 1.90. The molecule has 0 aromatic carbocycles. The first-order chi connectivity index (χ1) is 8.48. The lowest BCUT2D eigenvalue weighted by atomic mass is 10.1. The van der Waals surface area contributed by atoms with Crippen molar-refractivity contribution >= 4 is 17.7 Å². The molecule has 1 saturated heterocycles. The summed E-state index contributed by atoms with van der Waals surface area (Å²) in [7, 11) is 0. The second kappa shape index (κ2) is 5.18. The van der Waals surface area contributed by atoms with Crippen LogP contribution in [-0.2, 0) is 0 Å². The summed E-state index contributed by atoms with van der Waals surface area (Å²) in [6.45, 7) is 5.92. The van der Waals surface area contributed by atoms with Gasteiger partial charge in [-0.1, -0.05) is 13.8 Å². The van der Waals surface area contributed by atoms with Crippen molar-refractivity contribution in [1.29, 1.82) is 0 Å². The number of hydrogen-bond donors (Lipinski definition) is 1. The van der Waals surface area contributed by atoms with Crippen LogP contribution >= 0.6 is 11.8 Å². The molecule has 1 fully saturated rings. The van der Waals surface area contributed by atoms with Crippen molar-refractivity contribution in [1.82, 2.24) is 9.88 Å². The number of aromatic amines is 1. The van der Waals surface area contributed by atoms with Gasteiger partial charge in [0, 0.05) is 41.4 Å². The molecule has 0 saturated carbocycles. The van der Waals surface area contributed by atoms with Crippen LogP contribution in [0.4, 0.5) is 0 Å². The minimum absolute atomic E-state index is 0.0422. The molecule has 1 amide bonds. The van der Waals surface area contributed by atoms with Gasteiger partial charge in [-0.3, -0.25) is 9.59 Å². The number of carbonyl (C=O) groups is 1. The van der Waals surface area contributed by atoms with Crippen molar-refractivity contribution in [2.24, 2.45) is 0 Å². The monoisotopic (exact) mass is 266 g/mol. The second-order valence-electron chi connectivity index (χ2n) is 5.09. The molecule has 0 aliphatic carbocycles. The molecular weight excluding hydrogens is 248 g/mol. The Kier molecular flexibility index (Phi) is 3.80. The predicted molar refractivity (Wildman–Crippen MR) is 74.1 cm³/mol. The fourth-order valence-corrected chi connectivity index (χ4v) is 3.08. The van der Waals surface area contributed by atoms with Gasteiger partial charge in [0.1, 0.15) is 0 Å². The average molecular weight is 266 g/mol. The Bertz CT molecular complexity index is 496. The van der Waals surface area contributed by atoms with Crippen LogP contribution in [0.15, 0.2) is 23.1 Å². The normalized spacial score (nSPS) is 19.3. The Balaban J connectivity index is 2.12. The van der Waals surface area contributed by atoms with E-state index in [0.717, 1.165) is 25.3 Å². The molecule has 98 valence electrons. The van der Waals surface area contributed by atoms with E-state index >= 15 is 0 Å². The molecule has 1 aliphatic heterocycles. The number of carbonyl (C=O) groups excluding carboxylic acids is 1. The third kappa shape index (κ3) is 3.16. The number of aromatic nitrogens is 1. The third-order valence-corrected chi connectivity index (χ3v) is 4.52. The number of thioether (sulfide) groups is 1. The van der Waals surface area contributed by atoms with Crippen LogP contribution in [0.5, 0.6) is 0 Å². The maximum absolute atomic E-state index is 12.3. The highest BCUT2D eigenvalue weighted by molar-refractivity contribution is 8.00. The van der Waals surface area contributed by atoms with Gasteiger partial charge in [0.05, 0.1) is 0 Å². The summed E-state index contributed by atoms with van der Waals surface area (Å²) < 4.78 is 0.225. The topological polar surface area (TPSA) is 53.2 Å². The van der Waals surface area contributed by atoms with Gasteiger partial charge in [0.15, 0.2) is 0 Å². The van der Waals surface area contributed by atoms with Crippen LogP contribution < -0.4 is 5.56 Å². The van der Waals surface area contributed by atoms with Crippen LogP contribution in [0.1, 0.15) is 30.6 Å². The van der Waals surface area contributed by atoms with Gasteiger partial charge < -0.3 is 9.88 Å². The SMILES string of the molecule is CC1(C)CCN(C(=O)c2cc[nH]c(=O)c2)CCS1. The highest BCUT2D eigenvalue weighted by Crippen LogP contribution is 2.30. The molecule has 0 spiro atoms. The second-order valence-corrected chi connectivity index (χ2v) is 6.89. The standard InChI is InChI=1S/C13H18N2O2S/c1-13(2)4-6-15(7-8-18-13)12(17)10-3-5-14-11(16)9-10/h3,5,9H,4,6-8H2,1-2H3,(H,14,16). The van der Waals surface area contributed by atoms with Gasteiger partial charge in [-0.05, 0) is 12.5 Å². The first kappa shape index (κ1) is 13.2. The van der Waals surface area contributed by atoms with Gasteiger partial charge in [-0.25, -0.2) is 0 Å². The van der Waals surface area contributed by atoms with E-state index in [9.17, 15) is 9.59 Å². The molecular formula is C13H18N2O2S. The van der Waals surface area contributed by atoms with Crippen molar-refractivity contribution in [2.45, 2.75) is 25.0 Å². The molecule has 1 aromatic heterocycles. The molecule has 0 unspecified atom stereocenters. The zero-order valence-electron chi connectivity index (χ0n) is 10.7. The highest BCUT2D eigenvalue weighted by atomic mass is 32.2. The number of nitrogens with one attached hydrogen (secondary N) is 1. The Morgan fingerprint density at radius 2 is 2.22 bits per heavy atom. The van der Waals surface area contributed by atoms with E-state index in [0.29, 0.717) is 5.56 Å². The summed E-state index contributed by atoms with van der Waals surface area (Å²) in [4.78, 5) is 27.9. The van der Waals surface area contributed by atoms with Crippen molar-refractivity contribution in [3.8, 4) is 0 Å². The predicted octanol–water partition coefficient (Wildman–Crippen LogP) is 1.73.